The summed E-state index contributed by atoms with van der Waals surface area (Å²) in [6, 6.07) is 19.0. The molecule has 0 amide bonds. The number of nitrogens with zero attached hydrogens (tertiary/aromatic N) is 3. The van der Waals surface area contributed by atoms with Crippen molar-refractivity contribution >= 4 is 5.97 Å². The molecule has 1 aromatic heterocycles. The van der Waals surface area contributed by atoms with Crippen LogP contribution in [-0.2, 0) is 4.74 Å². The Labute approximate surface area is 190 Å². The van der Waals surface area contributed by atoms with Crippen LogP contribution in [0.25, 0.3) is 34.2 Å². The number of aromatic nitrogens is 3. The summed E-state index contributed by atoms with van der Waals surface area (Å²) in [4.78, 5) is 25.6. The molecule has 1 heterocycles. The highest BCUT2D eigenvalue weighted by Crippen LogP contribution is 2.33. The van der Waals surface area contributed by atoms with Crippen LogP contribution in [0.2, 0.25) is 0 Å². The van der Waals surface area contributed by atoms with Crippen LogP contribution in [-0.4, -0.2) is 47.4 Å². The van der Waals surface area contributed by atoms with E-state index in [1.54, 1.807) is 43.5 Å². The molecule has 3 aromatic carbocycles. The predicted molar refractivity (Wildman–Crippen MR) is 122 cm³/mol. The minimum absolute atomic E-state index is 0.0240. The van der Waals surface area contributed by atoms with Crippen molar-refractivity contribution in [2.75, 3.05) is 21.3 Å². The van der Waals surface area contributed by atoms with Crippen LogP contribution in [0.4, 0.5) is 0 Å². The normalized spacial score (nSPS) is 10.5. The quantitative estimate of drug-likeness (QED) is 0.438. The third kappa shape index (κ3) is 4.59. The Kier molecular flexibility index (Phi) is 6.17. The van der Waals surface area contributed by atoms with Crippen LogP contribution in [0.5, 0.6) is 17.2 Å². The number of phenolic OH excluding ortho intramolecular Hbond substituents is 1. The summed E-state index contributed by atoms with van der Waals surface area (Å²) < 4.78 is 15.3. The summed E-state index contributed by atoms with van der Waals surface area (Å²) in [7, 11) is 4.44. The standard InChI is InChI=1S/C25H21N3O5/c1-31-18-6-4-5-17(13-18)23-26-22(15-7-9-16(10-8-15)25(30)33-3)27-24(28-23)20-12-11-19(32-2)14-21(20)29/h4-14,29H,1-3H3. The van der Waals surface area contributed by atoms with Gasteiger partial charge in [-0.05, 0) is 36.4 Å². The van der Waals surface area contributed by atoms with Crippen LogP contribution in [0.3, 0.4) is 0 Å². The van der Waals surface area contributed by atoms with Gasteiger partial charge in [-0.1, -0.05) is 24.3 Å². The lowest BCUT2D eigenvalue weighted by Crippen LogP contribution is -2.02. The van der Waals surface area contributed by atoms with Crippen molar-refractivity contribution in [1.29, 1.82) is 0 Å². The number of benzene rings is 3. The van der Waals surface area contributed by atoms with Crippen molar-refractivity contribution in [3.63, 3.8) is 0 Å². The van der Waals surface area contributed by atoms with Crippen molar-refractivity contribution in [3.8, 4) is 51.4 Å². The molecule has 0 saturated carbocycles. The van der Waals surface area contributed by atoms with E-state index in [0.717, 1.165) is 5.56 Å². The van der Waals surface area contributed by atoms with E-state index in [0.29, 0.717) is 39.8 Å². The number of rotatable bonds is 6. The average molecular weight is 443 g/mol. The van der Waals surface area contributed by atoms with Gasteiger partial charge in [0, 0.05) is 17.2 Å². The number of phenols is 1. The molecule has 0 aliphatic rings. The summed E-state index contributed by atoms with van der Waals surface area (Å²) in [5, 5.41) is 10.6. The lowest BCUT2D eigenvalue weighted by molar-refractivity contribution is 0.0600. The number of carbonyl (C=O) groups is 1. The first-order chi connectivity index (χ1) is 16.0. The highest BCUT2D eigenvalue weighted by Gasteiger charge is 2.16. The molecule has 0 atom stereocenters. The SMILES string of the molecule is COC(=O)c1ccc(-c2nc(-c3cccc(OC)c3)nc(-c3ccc(OC)cc3O)n2)cc1. The van der Waals surface area contributed by atoms with Gasteiger partial charge in [-0.25, -0.2) is 19.7 Å². The predicted octanol–water partition coefficient (Wildman–Crippen LogP) is 4.38. The van der Waals surface area contributed by atoms with Gasteiger partial charge >= 0.3 is 5.97 Å². The fraction of sp³-hybridized carbons (Fsp3) is 0.120. The largest absolute Gasteiger partial charge is 0.507 e. The molecule has 0 unspecified atom stereocenters. The van der Waals surface area contributed by atoms with E-state index in [2.05, 4.69) is 15.0 Å². The molecule has 4 rings (SSSR count). The third-order valence-corrected chi connectivity index (χ3v) is 4.97. The maximum Gasteiger partial charge on any atom is 0.337 e. The number of ether oxygens (including phenoxy) is 3. The fourth-order valence-corrected chi connectivity index (χ4v) is 3.22. The third-order valence-electron chi connectivity index (χ3n) is 4.97. The van der Waals surface area contributed by atoms with E-state index in [1.165, 1.54) is 20.3 Å². The summed E-state index contributed by atoms with van der Waals surface area (Å²) in [6.45, 7) is 0. The minimum atomic E-state index is -0.432. The lowest BCUT2D eigenvalue weighted by Gasteiger charge is -2.11. The van der Waals surface area contributed by atoms with E-state index in [-0.39, 0.29) is 11.6 Å². The Morgan fingerprint density at radius 3 is 2.00 bits per heavy atom. The van der Waals surface area contributed by atoms with E-state index in [4.69, 9.17) is 14.2 Å². The number of hydrogen-bond acceptors (Lipinski definition) is 8. The van der Waals surface area contributed by atoms with Gasteiger partial charge in [0.15, 0.2) is 17.5 Å². The monoisotopic (exact) mass is 443 g/mol. The van der Waals surface area contributed by atoms with Crippen LogP contribution in [0.1, 0.15) is 10.4 Å². The molecule has 0 aliphatic carbocycles. The van der Waals surface area contributed by atoms with Crippen LogP contribution in [0.15, 0.2) is 66.7 Å². The molecule has 0 bridgehead atoms. The van der Waals surface area contributed by atoms with Gasteiger partial charge in [-0.15, -0.1) is 0 Å². The Hall–Kier alpha value is -4.46. The molecule has 0 saturated heterocycles. The molecular weight excluding hydrogens is 422 g/mol. The Balaban J connectivity index is 1.87. The Morgan fingerprint density at radius 2 is 1.36 bits per heavy atom. The highest BCUT2D eigenvalue weighted by molar-refractivity contribution is 5.89. The molecule has 8 nitrogen and oxygen atoms in total. The molecule has 0 radical (unpaired) electrons. The van der Waals surface area contributed by atoms with Crippen LogP contribution >= 0.6 is 0 Å². The zero-order valence-electron chi connectivity index (χ0n) is 18.3. The second-order valence-electron chi connectivity index (χ2n) is 6.99. The van der Waals surface area contributed by atoms with E-state index >= 15 is 0 Å². The molecular formula is C25H21N3O5. The molecule has 0 spiro atoms. The van der Waals surface area contributed by atoms with Gasteiger partial charge in [0.25, 0.3) is 0 Å². The first-order valence-electron chi connectivity index (χ1n) is 9.99. The molecule has 0 fully saturated rings. The number of carbonyl (C=O) groups excluding carboxylic acids is 1. The summed E-state index contributed by atoms with van der Waals surface area (Å²) in [6.07, 6.45) is 0. The zero-order chi connectivity index (χ0) is 23.4. The van der Waals surface area contributed by atoms with Crippen molar-refractivity contribution in [3.05, 3.63) is 72.3 Å². The number of hydrogen-bond donors (Lipinski definition) is 1. The van der Waals surface area contributed by atoms with Gasteiger partial charge in [0.1, 0.15) is 17.2 Å². The Morgan fingerprint density at radius 1 is 0.727 bits per heavy atom. The van der Waals surface area contributed by atoms with Crippen LogP contribution in [0, 0.1) is 0 Å². The van der Waals surface area contributed by atoms with Gasteiger partial charge in [-0.2, -0.15) is 0 Å². The number of methoxy groups -OCH3 is 3. The second-order valence-corrected chi connectivity index (χ2v) is 6.99. The average Bonchev–Trinajstić information content (AvgIpc) is 2.87. The smallest absolute Gasteiger partial charge is 0.337 e. The van der Waals surface area contributed by atoms with Crippen molar-refractivity contribution < 1.29 is 24.1 Å². The van der Waals surface area contributed by atoms with Gasteiger partial charge < -0.3 is 19.3 Å². The summed E-state index contributed by atoms with van der Waals surface area (Å²) in [5.74, 6) is 1.78. The maximum absolute atomic E-state index is 11.8. The van der Waals surface area contributed by atoms with Crippen molar-refractivity contribution in [1.82, 2.24) is 15.0 Å². The fourth-order valence-electron chi connectivity index (χ4n) is 3.22. The van der Waals surface area contributed by atoms with Gasteiger partial charge in [0.05, 0.1) is 32.5 Å². The van der Waals surface area contributed by atoms with E-state index < -0.39 is 5.97 Å². The molecule has 1 N–H and O–H groups in total. The van der Waals surface area contributed by atoms with Crippen molar-refractivity contribution in [2.24, 2.45) is 0 Å². The minimum Gasteiger partial charge on any atom is -0.507 e. The first-order valence-corrected chi connectivity index (χ1v) is 9.99. The summed E-state index contributed by atoms with van der Waals surface area (Å²) in [5.41, 5.74) is 2.23. The molecule has 0 aliphatic heterocycles. The molecule has 166 valence electrons. The number of esters is 1. The topological polar surface area (TPSA) is 104 Å². The molecule has 4 aromatic rings. The highest BCUT2D eigenvalue weighted by atomic mass is 16.5. The lowest BCUT2D eigenvalue weighted by atomic mass is 10.1. The number of aromatic hydroxyl groups is 1. The second kappa shape index (κ2) is 9.35. The zero-order valence-corrected chi connectivity index (χ0v) is 18.3. The van der Waals surface area contributed by atoms with E-state index in [1.807, 2.05) is 24.3 Å². The Bertz CT molecular complexity index is 1310. The molecule has 8 heteroatoms. The first kappa shape index (κ1) is 21.8. The van der Waals surface area contributed by atoms with E-state index in [9.17, 15) is 9.90 Å². The molecule has 33 heavy (non-hydrogen) atoms. The van der Waals surface area contributed by atoms with Gasteiger partial charge in [0.2, 0.25) is 0 Å². The summed E-state index contributed by atoms with van der Waals surface area (Å²) >= 11 is 0. The van der Waals surface area contributed by atoms with Gasteiger partial charge in [-0.3, -0.25) is 0 Å². The maximum atomic E-state index is 11.8. The van der Waals surface area contributed by atoms with Crippen LogP contribution < -0.4 is 9.47 Å². The van der Waals surface area contributed by atoms with Crippen molar-refractivity contribution in [2.45, 2.75) is 0 Å².